The second kappa shape index (κ2) is 5.10. The highest BCUT2D eigenvalue weighted by molar-refractivity contribution is 4.98. The fraction of sp³-hybridized carbons (Fsp3) is 1.00. The summed E-state index contributed by atoms with van der Waals surface area (Å²) in [6.07, 6.45) is 1.08. The van der Waals surface area contributed by atoms with Crippen molar-refractivity contribution in [3.8, 4) is 0 Å². The van der Waals surface area contributed by atoms with Crippen molar-refractivity contribution in [3.63, 3.8) is 0 Å². The van der Waals surface area contributed by atoms with Crippen LogP contribution in [-0.4, -0.2) is 43.3 Å². The van der Waals surface area contributed by atoms with Crippen LogP contribution in [0.3, 0.4) is 0 Å². The Balaban J connectivity index is 1.96. The summed E-state index contributed by atoms with van der Waals surface area (Å²) in [4.78, 5) is 2.36. The van der Waals surface area contributed by atoms with Gasteiger partial charge in [-0.15, -0.1) is 0 Å². The third kappa shape index (κ3) is 3.56. The first-order valence-electron chi connectivity index (χ1n) is 5.65. The van der Waals surface area contributed by atoms with Crippen LogP contribution in [0.2, 0.25) is 0 Å². The molecule has 0 saturated carbocycles. The van der Waals surface area contributed by atoms with E-state index in [1.54, 1.807) is 0 Å². The summed E-state index contributed by atoms with van der Waals surface area (Å²) in [5.74, 6) is 0.635. The Hall–Kier alpha value is -0.120. The van der Waals surface area contributed by atoms with Gasteiger partial charge >= 0.3 is 0 Å². The molecular weight excluding hydrogens is 176 g/mol. The van der Waals surface area contributed by atoms with Crippen molar-refractivity contribution in [3.05, 3.63) is 0 Å². The molecule has 14 heavy (non-hydrogen) atoms. The van der Waals surface area contributed by atoms with E-state index in [0.717, 1.165) is 39.3 Å². The molecule has 3 heteroatoms. The highest BCUT2D eigenvalue weighted by Gasteiger charge is 2.36. The number of nitrogens with two attached hydrogens (primary N) is 1. The first-order valence-corrected chi connectivity index (χ1v) is 5.65. The minimum absolute atomic E-state index is 0.0953. The van der Waals surface area contributed by atoms with Gasteiger partial charge in [-0.3, -0.25) is 4.90 Å². The van der Waals surface area contributed by atoms with Gasteiger partial charge in [-0.2, -0.15) is 0 Å². The van der Waals surface area contributed by atoms with Crippen molar-refractivity contribution in [2.75, 3.05) is 32.8 Å². The number of hydrogen-bond acceptors (Lipinski definition) is 3. The SMILES string of the molecule is CCC1(N)CN(CCOCC(C)C)C1. The van der Waals surface area contributed by atoms with Crippen LogP contribution in [0.15, 0.2) is 0 Å². The molecule has 0 atom stereocenters. The number of rotatable bonds is 6. The second-order valence-corrected chi connectivity index (χ2v) is 4.90. The lowest BCUT2D eigenvalue weighted by molar-refractivity contribution is 0.0246. The summed E-state index contributed by atoms with van der Waals surface area (Å²) >= 11 is 0. The zero-order chi connectivity index (χ0) is 10.6. The first kappa shape index (κ1) is 12.0. The van der Waals surface area contributed by atoms with E-state index in [-0.39, 0.29) is 5.54 Å². The molecule has 0 amide bonds. The summed E-state index contributed by atoms with van der Waals surface area (Å²) in [7, 11) is 0. The maximum absolute atomic E-state index is 6.06. The zero-order valence-corrected chi connectivity index (χ0v) is 9.75. The number of ether oxygens (including phenoxy) is 1. The predicted molar refractivity (Wildman–Crippen MR) is 59.3 cm³/mol. The normalized spacial score (nSPS) is 21.2. The summed E-state index contributed by atoms with van der Waals surface area (Å²) in [6, 6.07) is 0. The maximum atomic E-state index is 6.06. The van der Waals surface area contributed by atoms with E-state index in [9.17, 15) is 0 Å². The Morgan fingerprint density at radius 3 is 2.57 bits per heavy atom. The van der Waals surface area contributed by atoms with Crippen molar-refractivity contribution in [1.29, 1.82) is 0 Å². The quantitative estimate of drug-likeness (QED) is 0.652. The molecule has 1 aliphatic rings. The fourth-order valence-electron chi connectivity index (χ4n) is 1.74. The van der Waals surface area contributed by atoms with E-state index in [1.165, 1.54) is 0 Å². The molecule has 0 radical (unpaired) electrons. The van der Waals surface area contributed by atoms with Crippen molar-refractivity contribution in [1.82, 2.24) is 4.90 Å². The molecule has 0 unspecified atom stereocenters. The number of nitrogens with zero attached hydrogens (tertiary/aromatic N) is 1. The van der Waals surface area contributed by atoms with Crippen LogP contribution in [-0.2, 0) is 4.74 Å². The van der Waals surface area contributed by atoms with Gasteiger partial charge in [-0.25, -0.2) is 0 Å². The fourth-order valence-corrected chi connectivity index (χ4v) is 1.74. The molecule has 84 valence electrons. The summed E-state index contributed by atoms with van der Waals surface area (Å²) in [5, 5.41) is 0. The third-order valence-electron chi connectivity index (χ3n) is 2.78. The van der Waals surface area contributed by atoms with Crippen LogP contribution in [0.25, 0.3) is 0 Å². The van der Waals surface area contributed by atoms with Gasteiger partial charge in [0.05, 0.1) is 6.61 Å². The van der Waals surface area contributed by atoms with Crippen molar-refractivity contribution in [2.45, 2.75) is 32.7 Å². The standard InChI is InChI=1S/C11H24N2O/c1-4-11(12)8-13(9-11)5-6-14-7-10(2)3/h10H,4-9,12H2,1-3H3. The van der Waals surface area contributed by atoms with Crippen molar-refractivity contribution < 1.29 is 4.74 Å². The number of likely N-dealkylation sites (tertiary alicyclic amines) is 1. The topological polar surface area (TPSA) is 38.5 Å². The van der Waals surface area contributed by atoms with Gasteiger partial charge in [-0.05, 0) is 12.3 Å². The minimum Gasteiger partial charge on any atom is -0.380 e. The van der Waals surface area contributed by atoms with Crippen molar-refractivity contribution >= 4 is 0 Å². The van der Waals surface area contributed by atoms with Crippen LogP contribution < -0.4 is 5.73 Å². The van der Waals surface area contributed by atoms with E-state index in [1.807, 2.05) is 0 Å². The van der Waals surface area contributed by atoms with Gasteiger partial charge in [0.2, 0.25) is 0 Å². The van der Waals surface area contributed by atoms with Gasteiger partial charge in [0, 0.05) is 31.8 Å². The second-order valence-electron chi connectivity index (χ2n) is 4.90. The lowest BCUT2D eigenvalue weighted by Gasteiger charge is -2.47. The highest BCUT2D eigenvalue weighted by Crippen LogP contribution is 2.20. The average molecular weight is 200 g/mol. The van der Waals surface area contributed by atoms with Crippen LogP contribution in [0.4, 0.5) is 0 Å². The molecule has 0 spiro atoms. The lowest BCUT2D eigenvalue weighted by atomic mass is 9.88. The average Bonchev–Trinajstić information content (AvgIpc) is 2.08. The van der Waals surface area contributed by atoms with E-state index >= 15 is 0 Å². The molecule has 0 aromatic rings. The molecule has 3 nitrogen and oxygen atoms in total. The molecule has 1 fully saturated rings. The van der Waals surface area contributed by atoms with Gasteiger partial charge in [0.15, 0.2) is 0 Å². The predicted octanol–water partition coefficient (Wildman–Crippen LogP) is 1.08. The molecular formula is C11H24N2O. The summed E-state index contributed by atoms with van der Waals surface area (Å²) in [6.45, 7) is 11.3. The molecule has 1 heterocycles. The molecule has 1 aliphatic heterocycles. The third-order valence-corrected chi connectivity index (χ3v) is 2.78. The molecule has 0 bridgehead atoms. The Kier molecular flexibility index (Phi) is 4.35. The van der Waals surface area contributed by atoms with Crippen LogP contribution in [0.1, 0.15) is 27.2 Å². The van der Waals surface area contributed by atoms with Gasteiger partial charge < -0.3 is 10.5 Å². The summed E-state index contributed by atoms with van der Waals surface area (Å²) in [5.41, 5.74) is 6.16. The largest absolute Gasteiger partial charge is 0.380 e. The minimum atomic E-state index is 0.0953. The van der Waals surface area contributed by atoms with Crippen molar-refractivity contribution in [2.24, 2.45) is 11.7 Å². The summed E-state index contributed by atoms with van der Waals surface area (Å²) < 4.78 is 5.52. The van der Waals surface area contributed by atoms with E-state index in [2.05, 4.69) is 25.7 Å². The molecule has 0 aromatic heterocycles. The maximum Gasteiger partial charge on any atom is 0.0593 e. The molecule has 2 N–H and O–H groups in total. The van der Waals surface area contributed by atoms with E-state index in [4.69, 9.17) is 10.5 Å². The highest BCUT2D eigenvalue weighted by atomic mass is 16.5. The molecule has 0 aliphatic carbocycles. The first-order chi connectivity index (χ1) is 6.56. The van der Waals surface area contributed by atoms with Gasteiger partial charge in [-0.1, -0.05) is 20.8 Å². The zero-order valence-electron chi connectivity index (χ0n) is 9.75. The van der Waals surface area contributed by atoms with Gasteiger partial charge in [0.1, 0.15) is 0 Å². The lowest BCUT2D eigenvalue weighted by Crippen LogP contribution is -2.67. The Labute approximate surface area is 87.6 Å². The molecule has 0 aromatic carbocycles. The van der Waals surface area contributed by atoms with E-state index < -0.39 is 0 Å². The van der Waals surface area contributed by atoms with Crippen LogP contribution >= 0.6 is 0 Å². The number of hydrogen-bond donors (Lipinski definition) is 1. The Morgan fingerprint density at radius 2 is 2.07 bits per heavy atom. The molecule has 1 rings (SSSR count). The van der Waals surface area contributed by atoms with E-state index in [0.29, 0.717) is 5.92 Å². The van der Waals surface area contributed by atoms with Gasteiger partial charge in [0.25, 0.3) is 0 Å². The smallest absolute Gasteiger partial charge is 0.0593 e. The Morgan fingerprint density at radius 1 is 1.43 bits per heavy atom. The molecule has 1 saturated heterocycles. The Bertz CT molecular complexity index is 165. The van der Waals surface area contributed by atoms with Crippen LogP contribution in [0, 0.1) is 5.92 Å². The monoisotopic (exact) mass is 200 g/mol. The van der Waals surface area contributed by atoms with Crippen LogP contribution in [0.5, 0.6) is 0 Å².